The van der Waals surface area contributed by atoms with Crippen LogP contribution in [-0.2, 0) is 9.53 Å². The van der Waals surface area contributed by atoms with E-state index >= 15 is 0 Å². The van der Waals surface area contributed by atoms with Gasteiger partial charge in [-0.2, -0.15) is 0 Å². The van der Waals surface area contributed by atoms with Crippen LogP contribution in [0.3, 0.4) is 0 Å². The van der Waals surface area contributed by atoms with Gasteiger partial charge in [-0.15, -0.1) is 0 Å². The zero-order chi connectivity index (χ0) is 7.11. The smallest absolute Gasteiger partial charge is 0.310 e. The summed E-state index contributed by atoms with van der Waals surface area (Å²) >= 11 is 0. The van der Waals surface area contributed by atoms with Crippen molar-refractivity contribution in [3.05, 3.63) is 19.1 Å². The highest BCUT2D eigenvalue weighted by Crippen LogP contribution is 1.88. The molecule has 0 aliphatic carbocycles. The van der Waals surface area contributed by atoms with Gasteiger partial charge in [-0.3, -0.25) is 4.79 Å². The average Bonchev–Trinajstić information content (AvgIpc) is 1.85. The Balaban J connectivity index is 3.16. The molecule has 2 heteroatoms. The summed E-state index contributed by atoms with van der Waals surface area (Å²) in [4.78, 5) is 10.5. The quantitative estimate of drug-likeness (QED) is 0.420. The molecule has 0 heterocycles. The molecule has 1 radical (unpaired) electrons. The van der Waals surface area contributed by atoms with Gasteiger partial charge < -0.3 is 4.74 Å². The molecule has 0 aliphatic rings. The summed E-state index contributed by atoms with van der Waals surface area (Å²) in [6.07, 6.45) is 3.75. The molecule has 51 valence electrons. The van der Waals surface area contributed by atoms with Gasteiger partial charge in [0.25, 0.3) is 0 Å². The van der Waals surface area contributed by atoms with Crippen molar-refractivity contribution in [1.29, 1.82) is 0 Å². The van der Waals surface area contributed by atoms with Crippen LogP contribution in [0.1, 0.15) is 13.3 Å². The lowest BCUT2D eigenvalue weighted by molar-refractivity contribution is -0.138. The van der Waals surface area contributed by atoms with Gasteiger partial charge >= 0.3 is 5.97 Å². The van der Waals surface area contributed by atoms with Crippen LogP contribution in [0.25, 0.3) is 0 Å². The molecule has 0 atom stereocenters. The van der Waals surface area contributed by atoms with Crippen molar-refractivity contribution in [2.24, 2.45) is 0 Å². The molecule has 0 saturated carbocycles. The van der Waals surface area contributed by atoms with Gasteiger partial charge in [0.1, 0.15) is 6.61 Å². The highest BCUT2D eigenvalue weighted by atomic mass is 16.5. The van der Waals surface area contributed by atoms with Crippen molar-refractivity contribution >= 4 is 5.97 Å². The average molecular weight is 127 g/mol. The fraction of sp³-hybridized carbons (Fsp3) is 0.429. The number of rotatable bonds is 4. The molecular weight excluding hydrogens is 116 g/mol. The van der Waals surface area contributed by atoms with Crippen LogP contribution in [0.15, 0.2) is 12.7 Å². The van der Waals surface area contributed by atoms with E-state index in [9.17, 15) is 4.79 Å². The van der Waals surface area contributed by atoms with E-state index in [4.69, 9.17) is 0 Å². The molecule has 0 fully saturated rings. The maximum absolute atomic E-state index is 10.5. The molecular formula is C7H11O2. The second kappa shape index (κ2) is 5.35. The second-order valence-electron chi connectivity index (χ2n) is 1.53. The van der Waals surface area contributed by atoms with Gasteiger partial charge in [-0.1, -0.05) is 19.6 Å². The number of ether oxygens (including phenoxy) is 1. The van der Waals surface area contributed by atoms with E-state index in [1.165, 1.54) is 6.42 Å². The Morgan fingerprint density at radius 2 is 2.44 bits per heavy atom. The van der Waals surface area contributed by atoms with Gasteiger partial charge in [0.2, 0.25) is 0 Å². The fourth-order valence-electron chi connectivity index (χ4n) is 0.367. The molecule has 0 saturated heterocycles. The van der Waals surface area contributed by atoms with E-state index in [1.807, 2.05) is 6.92 Å². The largest absolute Gasteiger partial charge is 0.461 e. The van der Waals surface area contributed by atoms with E-state index < -0.39 is 0 Å². The molecule has 0 aromatic rings. The van der Waals surface area contributed by atoms with E-state index in [-0.39, 0.29) is 5.97 Å². The Morgan fingerprint density at radius 1 is 1.78 bits per heavy atom. The minimum atomic E-state index is -0.266. The van der Waals surface area contributed by atoms with Crippen LogP contribution < -0.4 is 0 Å². The highest BCUT2D eigenvalue weighted by Gasteiger charge is 1.96. The molecule has 0 unspecified atom stereocenters. The topological polar surface area (TPSA) is 26.3 Å². The molecule has 0 bridgehead atoms. The normalized spacial score (nSPS) is 8.56. The first kappa shape index (κ1) is 8.21. The van der Waals surface area contributed by atoms with Crippen LogP contribution in [0.2, 0.25) is 0 Å². The number of hydrogen-bond acceptors (Lipinski definition) is 2. The van der Waals surface area contributed by atoms with Crippen molar-refractivity contribution in [2.45, 2.75) is 13.3 Å². The van der Waals surface area contributed by atoms with Gasteiger partial charge in [-0.25, -0.2) is 0 Å². The first-order chi connectivity index (χ1) is 4.31. The monoisotopic (exact) mass is 127 g/mol. The van der Waals surface area contributed by atoms with Gasteiger partial charge in [0.05, 0.1) is 6.42 Å². The summed E-state index contributed by atoms with van der Waals surface area (Å²) in [6, 6.07) is 0. The van der Waals surface area contributed by atoms with Crippen molar-refractivity contribution in [1.82, 2.24) is 0 Å². The maximum atomic E-state index is 10.5. The summed E-state index contributed by atoms with van der Waals surface area (Å²) in [6.45, 7) is 5.59. The van der Waals surface area contributed by atoms with Gasteiger partial charge in [0, 0.05) is 0 Å². The zero-order valence-electron chi connectivity index (χ0n) is 5.59. The Morgan fingerprint density at radius 3 is 2.89 bits per heavy atom. The molecule has 0 rings (SSSR count). The van der Waals surface area contributed by atoms with Crippen LogP contribution >= 0.6 is 0 Å². The van der Waals surface area contributed by atoms with Crippen molar-refractivity contribution < 1.29 is 9.53 Å². The van der Waals surface area contributed by atoms with E-state index in [0.29, 0.717) is 6.61 Å². The number of carbonyl (C=O) groups excluding carboxylic acids is 1. The number of esters is 1. The van der Waals surface area contributed by atoms with E-state index in [2.05, 4.69) is 11.3 Å². The number of carbonyl (C=O) groups is 1. The summed E-state index contributed by atoms with van der Waals surface area (Å²) < 4.78 is 4.62. The minimum Gasteiger partial charge on any atom is -0.461 e. The lowest BCUT2D eigenvalue weighted by Crippen LogP contribution is -2.03. The third-order valence-electron chi connectivity index (χ3n) is 0.714. The predicted molar refractivity (Wildman–Crippen MR) is 35.7 cm³/mol. The van der Waals surface area contributed by atoms with Gasteiger partial charge in [0.15, 0.2) is 0 Å². The fourth-order valence-corrected chi connectivity index (χ4v) is 0.367. The Bertz CT molecular complexity index is 97.1. The van der Waals surface area contributed by atoms with Crippen LogP contribution in [0.4, 0.5) is 0 Å². The van der Waals surface area contributed by atoms with E-state index in [0.717, 1.165) is 6.42 Å². The minimum absolute atomic E-state index is 0.266. The molecule has 9 heavy (non-hydrogen) atoms. The summed E-state index contributed by atoms with van der Waals surface area (Å²) in [5, 5.41) is 0. The van der Waals surface area contributed by atoms with Crippen molar-refractivity contribution in [3.63, 3.8) is 0 Å². The predicted octanol–water partition coefficient (Wildman–Crippen LogP) is 1.33. The molecule has 0 N–H and O–H groups in total. The van der Waals surface area contributed by atoms with Gasteiger partial charge in [-0.05, 0) is 6.42 Å². The highest BCUT2D eigenvalue weighted by molar-refractivity contribution is 5.78. The lowest BCUT2D eigenvalue weighted by atomic mass is 10.3. The van der Waals surface area contributed by atoms with E-state index in [1.54, 1.807) is 6.08 Å². The first-order valence-corrected chi connectivity index (χ1v) is 2.92. The number of hydrogen-bond donors (Lipinski definition) is 0. The Hall–Kier alpha value is -0.790. The van der Waals surface area contributed by atoms with Crippen LogP contribution in [0, 0.1) is 6.42 Å². The van der Waals surface area contributed by atoms with Crippen LogP contribution in [-0.4, -0.2) is 12.6 Å². The first-order valence-electron chi connectivity index (χ1n) is 2.92. The molecule has 0 aromatic heterocycles. The Labute approximate surface area is 55.5 Å². The molecule has 0 aromatic carbocycles. The molecule has 0 amide bonds. The standard InChI is InChI=1S/C7H11O2/c1-3-5-7(8)9-6-4-2/h4-5H,2-3,6H2,1H3. The second-order valence-corrected chi connectivity index (χ2v) is 1.53. The molecule has 2 nitrogen and oxygen atoms in total. The van der Waals surface area contributed by atoms with Crippen molar-refractivity contribution in [2.75, 3.05) is 6.61 Å². The Kier molecular flexibility index (Phi) is 4.88. The third-order valence-corrected chi connectivity index (χ3v) is 0.714. The van der Waals surface area contributed by atoms with Crippen molar-refractivity contribution in [3.8, 4) is 0 Å². The van der Waals surface area contributed by atoms with Crippen LogP contribution in [0.5, 0.6) is 0 Å². The zero-order valence-corrected chi connectivity index (χ0v) is 5.59. The maximum Gasteiger partial charge on any atom is 0.310 e. The summed E-state index contributed by atoms with van der Waals surface area (Å²) in [7, 11) is 0. The summed E-state index contributed by atoms with van der Waals surface area (Å²) in [5.74, 6) is -0.266. The SMILES string of the molecule is C=CCOC(=O)[CH]CC. The molecule has 0 spiro atoms. The summed E-state index contributed by atoms with van der Waals surface area (Å²) in [5.41, 5.74) is 0. The third kappa shape index (κ3) is 5.07. The molecule has 0 aliphatic heterocycles. The lowest BCUT2D eigenvalue weighted by Gasteiger charge is -1.96.